The summed E-state index contributed by atoms with van der Waals surface area (Å²) >= 11 is 4.28. The van der Waals surface area contributed by atoms with Gasteiger partial charge in [0.05, 0.1) is 0 Å². The molecule has 7 heteroatoms. The Labute approximate surface area is 172 Å². The number of carbonyl (C=O) groups is 3. The topological polar surface area (TPSA) is 78.5 Å². The zero-order valence-electron chi connectivity index (χ0n) is 16.7. The van der Waals surface area contributed by atoms with E-state index in [1.165, 1.54) is 4.90 Å². The molecule has 1 aliphatic rings. The SMILES string of the molecule is CCC1CC(=O)N(CCCCCC(=O)Nc2ccc(CNC(C)S)cc2)C1=O. The molecule has 2 atom stereocenters. The van der Waals surface area contributed by atoms with Gasteiger partial charge in [-0.25, -0.2) is 0 Å². The summed E-state index contributed by atoms with van der Waals surface area (Å²) in [5.74, 6) is -0.249. The standard InChI is InChI=1S/C21H31N3O3S/c1-3-17-13-20(26)24(21(17)27)12-6-4-5-7-19(25)23-18-10-8-16(9-11-18)14-22-15(2)28/h8-11,15,17,22,28H,3-7,12-14H2,1-2H3,(H,23,25). The zero-order valence-corrected chi connectivity index (χ0v) is 17.6. The second-order valence-electron chi connectivity index (χ2n) is 7.31. The highest BCUT2D eigenvalue weighted by Gasteiger charge is 2.36. The van der Waals surface area contributed by atoms with Crippen LogP contribution in [0.1, 0.15) is 57.9 Å². The van der Waals surface area contributed by atoms with Crippen molar-refractivity contribution in [3.8, 4) is 0 Å². The maximum atomic E-state index is 12.1. The number of hydrogen-bond acceptors (Lipinski definition) is 5. The summed E-state index contributed by atoms with van der Waals surface area (Å²) in [5, 5.41) is 6.26. The molecule has 1 aromatic carbocycles. The molecule has 0 aliphatic carbocycles. The van der Waals surface area contributed by atoms with Crippen LogP contribution in [0.25, 0.3) is 0 Å². The Morgan fingerprint density at radius 1 is 1.21 bits per heavy atom. The molecule has 3 amide bonds. The van der Waals surface area contributed by atoms with Gasteiger partial charge in [0.25, 0.3) is 0 Å². The van der Waals surface area contributed by atoms with Crippen molar-refractivity contribution < 1.29 is 14.4 Å². The molecule has 2 rings (SSSR count). The van der Waals surface area contributed by atoms with Crippen LogP contribution >= 0.6 is 12.6 Å². The van der Waals surface area contributed by atoms with Crippen molar-refractivity contribution in [3.63, 3.8) is 0 Å². The molecule has 28 heavy (non-hydrogen) atoms. The number of anilines is 1. The summed E-state index contributed by atoms with van der Waals surface area (Å²) in [7, 11) is 0. The highest BCUT2D eigenvalue weighted by atomic mass is 32.1. The Morgan fingerprint density at radius 2 is 1.93 bits per heavy atom. The van der Waals surface area contributed by atoms with Gasteiger partial charge in [-0.05, 0) is 43.9 Å². The van der Waals surface area contributed by atoms with Crippen molar-refractivity contribution in [1.29, 1.82) is 0 Å². The van der Waals surface area contributed by atoms with E-state index in [2.05, 4.69) is 23.3 Å². The molecule has 1 aromatic rings. The molecule has 6 nitrogen and oxygen atoms in total. The fraction of sp³-hybridized carbons (Fsp3) is 0.571. The second kappa shape index (κ2) is 11.2. The number of hydrogen-bond donors (Lipinski definition) is 3. The first kappa shape index (κ1) is 22.4. The summed E-state index contributed by atoms with van der Waals surface area (Å²) in [4.78, 5) is 37.4. The average Bonchev–Trinajstić information content (AvgIpc) is 2.94. The van der Waals surface area contributed by atoms with Gasteiger partial charge in [-0.15, -0.1) is 0 Å². The van der Waals surface area contributed by atoms with Gasteiger partial charge in [0, 0.05) is 42.9 Å². The summed E-state index contributed by atoms with van der Waals surface area (Å²) in [5.41, 5.74) is 1.92. The number of likely N-dealkylation sites (tertiary alicyclic amines) is 1. The van der Waals surface area contributed by atoms with Crippen molar-refractivity contribution in [2.24, 2.45) is 5.92 Å². The Bertz CT molecular complexity index is 676. The van der Waals surface area contributed by atoms with Crippen LogP contribution in [-0.4, -0.2) is 34.5 Å². The monoisotopic (exact) mass is 405 g/mol. The molecule has 1 heterocycles. The quantitative estimate of drug-likeness (QED) is 0.228. The number of nitrogens with one attached hydrogen (secondary N) is 2. The molecule has 2 unspecified atom stereocenters. The van der Waals surface area contributed by atoms with E-state index >= 15 is 0 Å². The molecule has 0 spiro atoms. The molecule has 0 aromatic heterocycles. The van der Waals surface area contributed by atoms with Crippen LogP contribution in [-0.2, 0) is 20.9 Å². The van der Waals surface area contributed by atoms with Crippen LogP contribution in [0.2, 0.25) is 0 Å². The minimum absolute atomic E-state index is 0.0192. The number of imide groups is 1. The maximum Gasteiger partial charge on any atom is 0.232 e. The molecule has 0 radical (unpaired) electrons. The normalized spacial score (nSPS) is 17.8. The summed E-state index contributed by atoms with van der Waals surface area (Å²) < 4.78 is 0. The smallest absolute Gasteiger partial charge is 0.232 e. The van der Waals surface area contributed by atoms with Gasteiger partial charge in [0.2, 0.25) is 17.7 Å². The number of nitrogens with zero attached hydrogens (tertiary/aromatic N) is 1. The van der Waals surface area contributed by atoms with Crippen molar-refractivity contribution >= 4 is 36.0 Å². The maximum absolute atomic E-state index is 12.1. The highest BCUT2D eigenvalue weighted by molar-refractivity contribution is 7.80. The van der Waals surface area contributed by atoms with Crippen LogP contribution < -0.4 is 10.6 Å². The van der Waals surface area contributed by atoms with Gasteiger partial charge in [0.15, 0.2) is 0 Å². The van der Waals surface area contributed by atoms with Crippen LogP contribution in [0.3, 0.4) is 0 Å². The third-order valence-corrected chi connectivity index (χ3v) is 5.14. The number of rotatable bonds is 11. The van der Waals surface area contributed by atoms with Crippen molar-refractivity contribution in [3.05, 3.63) is 29.8 Å². The largest absolute Gasteiger partial charge is 0.326 e. The van der Waals surface area contributed by atoms with E-state index < -0.39 is 0 Å². The summed E-state index contributed by atoms with van der Waals surface area (Å²) in [6, 6.07) is 7.75. The lowest BCUT2D eigenvalue weighted by molar-refractivity contribution is -0.139. The summed E-state index contributed by atoms with van der Waals surface area (Å²) in [6.45, 7) is 5.11. The molecular formula is C21H31N3O3S. The Hall–Kier alpha value is -1.86. The first-order valence-corrected chi connectivity index (χ1v) is 10.6. The third kappa shape index (κ3) is 6.95. The van der Waals surface area contributed by atoms with Crippen molar-refractivity contribution in [1.82, 2.24) is 10.2 Å². The molecule has 1 aliphatic heterocycles. The number of carbonyl (C=O) groups excluding carboxylic acids is 3. The number of benzene rings is 1. The van der Waals surface area contributed by atoms with Crippen LogP contribution in [0.15, 0.2) is 24.3 Å². The minimum Gasteiger partial charge on any atom is -0.326 e. The van der Waals surface area contributed by atoms with E-state index in [0.29, 0.717) is 25.8 Å². The molecule has 1 fully saturated rings. The zero-order chi connectivity index (χ0) is 20.5. The van der Waals surface area contributed by atoms with E-state index in [-0.39, 0.29) is 29.0 Å². The fourth-order valence-electron chi connectivity index (χ4n) is 3.23. The summed E-state index contributed by atoms with van der Waals surface area (Å²) in [6.07, 6.45) is 3.79. The van der Waals surface area contributed by atoms with Gasteiger partial charge in [-0.1, -0.05) is 25.5 Å². The van der Waals surface area contributed by atoms with Gasteiger partial charge in [0.1, 0.15) is 0 Å². The Kier molecular flexibility index (Phi) is 8.99. The lowest BCUT2D eigenvalue weighted by Gasteiger charge is -2.14. The second-order valence-corrected chi connectivity index (χ2v) is 8.08. The number of amides is 3. The minimum atomic E-state index is -0.137. The average molecular weight is 406 g/mol. The van der Waals surface area contributed by atoms with Crippen LogP contribution in [0, 0.1) is 5.92 Å². The number of thiol groups is 1. The van der Waals surface area contributed by atoms with E-state index in [9.17, 15) is 14.4 Å². The van der Waals surface area contributed by atoms with Gasteiger partial charge < -0.3 is 10.6 Å². The first-order valence-electron chi connectivity index (χ1n) is 10.0. The first-order chi connectivity index (χ1) is 13.4. The molecule has 1 saturated heterocycles. The predicted molar refractivity (Wildman–Crippen MR) is 114 cm³/mol. The molecule has 154 valence electrons. The van der Waals surface area contributed by atoms with Gasteiger partial charge >= 0.3 is 0 Å². The third-order valence-electron chi connectivity index (χ3n) is 4.95. The lowest BCUT2D eigenvalue weighted by atomic mass is 10.1. The van der Waals surface area contributed by atoms with E-state index in [4.69, 9.17) is 0 Å². The lowest BCUT2D eigenvalue weighted by Crippen LogP contribution is -2.31. The van der Waals surface area contributed by atoms with E-state index in [1.807, 2.05) is 38.1 Å². The fourth-order valence-corrected chi connectivity index (χ4v) is 3.32. The van der Waals surface area contributed by atoms with Crippen LogP contribution in [0.5, 0.6) is 0 Å². The van der Waals surface area contributed by atoms with Crippen molar-refractivity contribution in [2.45, 2.75) is 64.3 Å². The Balaban J connectivity index is 1.62. The molecule has 0 saturated carbocycles. The predicted octanol–water partition coefficient (Wildman–Crippen LogP) is 3.34. The Morgan fingerprint density at radius 3 is 2.54 bits per heavy atom. The number of unbranched alkanes of at least 4 members (excludes halogenated alkanes) is 2. The highest BCUT2D eigenvalue weighted by Crippen LogP contribution is 2.22. The molecular weight excluding hydrogens is 374 g/mol. The van der Waals surface area contributed by atoms with E-state index in [0.717, 1.165) is 37.1 Å². The molecule has 0 bridgehead atoms. The molecule has 2 N–H and O–H groups in total. The van der Waals surface area contributed by atoms with Crippen LogP contribution in [0.4, 0.5) is 5.69 Å². The van der Waals surface area contributed by atoms with Gasteiger partial charge in [-0.2, -0.15) is 12.6 Å². The van der Waals surface area contributed by atoms with Gasteiger partial charge in [-0.3, -0.25) is 19.3 Å². The van der Waals surface area contributed by atoms with E-state index in [1.54, 1.807) is 0 Å². The van der Waals surface area contributed by atoms with Crippen molar-refractivity contribution in [2.75, 3.05) is 11.9 Å².